The maximum absolute atomic E-state index is 12.9. The van der Waals surface area contributed by atoms with Crippen LogP contribution >= 0.6 is 0 Å². The molecular weight excluding hydrogens is 252 g/mol. The van der Waals surface area contributed by atoms with Crippen molar-refractivity contribution >= 4 is 5.91 Å². The third-order valence-electron chi connectivity index (χ3n) is 5.42. The Bertz CT molecular complexity index is 495. The molecule has 20 heavy (non-hydrogen) atoms. The Morgan fingerprint density at radius 2 is 1.90 bits per heavy atom. The van der Waals surface area contributed by atoms with Crippen LogP contribution in [0.2, 0.25) is 0 Å². The average Bonchev–Trinajstić information content (AvgIpc) is 2.88. The van der Waals surface area contributed by atoms with E-state index in [0.29, 0.717) is 12.4 Å². The van der Waals surface area contributed by atoms with E-state index in [0.717, 1.165) is 49.9 Å². The molecule has 110 valence electrons. The van der Waals surface area contributed by atoms with Crippen molar-refractivity contribution in [3.8, 4) is 0 Å². The van der Waals surface area contributed by atoms with Crippen molar-refractivity contribution in [1.82, 2.24) is 4.90 Å². The third kappa shape index (κ3) is 1.97. The van der Waals surface area contributed by atoms with Crippen molar-refractivity contribution in [3.05, 3.63) is 23.6 Å². The summed E-state index contributed by atoms with van der Waals surface area (Å²) in [5, 5.41) is 0. The summed E-state index contributed by atoms with van der Waals surface area (Å²) in [4.78, 5) is 14.8. The number of hydrogen-bond acceptors (Lipinski definition) is 3. The molecule has 2 aliphatic heterocycles. The number of amides is 1. The Hall–Kier alpha value is -1.29. The Kier molecular flexibility index (Phi) is 2.98. The van der Waals surface area contributed by atoms with Gasteiger partial charge in [-0.15, -0.1) is 0 Å². The smallest absolute Gasteiger partial charge is 0.233 e. The fraction of sp³-hybridized carbons (Fsp3) is 0.688. The molecule has 0 atom stereocenters. The van der Waals surface area contributed by atoms with Crippen molar-refractivity contribution in [2.24, 2.45) is 11.1 Å². The van der Waals surface area contributed by atoms with E-state index >= 15 is 0 Å². The summed E-state index contributed by atoms with van der Waals surface area (Å²) in [6, 6.07) is 0. The van der Waals surface area contributed by atoms with E-state index in [4.69, 9.17) is 10.5 Å². The summed E-state index contributed by atoms with van der Waals surface area (Å²) >= 11 is 0. The second kappa shape index (κ2) is 4.35. The van der Waals surface area contributed by atoms with E-state index in [1.54, 1.807) is 0 Å². The van der Waals surface area contributed by atoms with Gasteiger partial charge in [-0.25, -0.2) is 0 Å². The lowest BCUT2D eigenvalue weighted by Gasteiger charge is -2.39. The molecule has 0 bridgehead atoms. The van der Waals surface area contributed by atoms with E-state index in [2.05, 4.69) is 13.5 Å². The molecule has 0 unspecified atom stereocenters. The van der Waals surface area contributed by atoms with Crippen LogP contribution in [0.25, 0.3) is 0 Å². The molecule has 0 aromatic carbocycles. The first-order valence-electron chi connectivity index (χ1n) is 7.47. The quantitative estimate of drug-likeness (QED) is 0.799. The number of rotatable bonds is 1. The molecule has 4 nitrogen and oxygen atoms in total. The van der Waals surface area contributed by atoms with Crippen molar-refractivity contribution in [3.63, 3.8) is 0 Å². The number of allylic oxidation sites excluding steroid dienone is 1. The van der Waals surface area contributed by atoms with Gasteiger partial charge in [0.15, 0.2) is 0 Å². The number of carbonyl (C=O) groups excluding carboxylic acids is 1. The van der Waals surface area contributed by atoms with Crippen molar-refractivity contribution in [1.29, 1.82) is 0 Å². The molecule has 3 rings (SSSR count). The van der Waals surface area contributed by atoms with Gasteiger partial charge in [0, 0.05) is 17.7 Å². The second-order valence-electron chi connectivity index (χ2n) is 6.92. The molecule has 1 spiro atoms. The van der Waals surface area contributed by atoms with Crippen LogP contribution in [0.4, 0.5) is 0 Å². The number of hydrogen-bond donors (Lipinski definition) is 1. The molecule has 1 saturated heterocycles. The molecule has 2 heterocycles. The van der Waals surface area contributed by atoms with Crippen LogP contribution in [-0.4, -0.2) is 29.5 Å². The van der Waals surface area contributed by atoms with Gasteiger partial charge in [-0.3, -0.25) is 4.79 Å². The number of ether oxygens (including phenoxy) is 1. The number of carbonyl (C=O) groups is 1. The molecule has 0 aromatic rings. The van der Waals surface area contributed by atoms with Gasteiger partial charge >= 0.3 is 0 Å². The molecular formula is C16H24N2O2. The minimum absolute atomic E-state index is 0.0983. The summed E-state index contributed by atoms with van der Waals surface area (Å²) in [5.74, 6) is 0.979. The number of likely N-dealkylation sites (tertiary alicyclic amines) is 1. The molecule has 2 N–H and O–H groups in total. The normalized spacial score (nSPS) is 38.0. The van der Waals surface area contributed by atoms with Gasteiger partial charge < -0.3 is 15.4 Å². The van der Waals surface area contributed by atoms with Gasteiger partial charge in [-0.05, 0) is 46.0 Å². The van der Waals surface area contributed by atoms with Gasteiger partial charge in [0.05, 0.1) is 11.1 Å². The van der Waals surface area contributed by atoms with Crippen molar-refractivity contribution in [2.45, 2.75) is 51.5 Å². The van der Waals surface area contributed by atoms with E-state index in [-0.39, 0.29) is 16.9 Å². The summed E-state index contributed by atoms with van der Waals surface area (Å²) in [7, 11) is 0. The highest BCUT2D eigenvalue weighted by atomic mass is 16.5. The van der Waals surface area contributed by atoms with Crippen LogP contribution in [0.3, 0.4) is 0 Å². The first kappa shape index (κ1) is 13.7. The summed E-state index contributed by atoms with van der Waals surface area (Å²) in [6.07, 6.45) is 4.67. The highest BCUT2D eigenvalue weighted by molar-refractivity contribution is 5.87. The molecule has 4 heteroatoms. The lowest BCUT2D eigenvalue weighted by atomic mass is 9.67. The maximum Gasteiger partial charge on any atom is 0.233 e. The van der Waals surface area contributed by atoms with E-state index in [1.807, 2.05) is 11.8 Å². The zero-order chi connectivity index (χ0) is 14.5. The zero-order valence-corrected chi connectivity index (χ0v) is 12.5. The van der Waals surface area contributed by atoms with Crippen LogP contribution in [0.5, 0.6) is 0 Å². The van der Waals surface area contributed by atoms with Crippen LogP contribution < -0.4 is 5.73 Å². The first-order valence-corrected chi connectivity index (χ1v) is 7.47. The summed E-state index contributed by atoms with van der Waals surface area (Å²) in [6.45, 7) is 9.25. The van der Waals surface area contributed by atoms with Gasteiger partial charge in [0.1, 0.15) is 12.4 Å². The predicted molar refractivity (Wildman–Crippen MR) is 77.6 cm³/mol. The van der Waals surface area contributed by atoms with Gasteiger partial charge in [0.2, 0.25) is 5.91 Å². The largest absolute Gasteiger partial charge is 0.488 e. The number of nitrogens with two attached hydrogens (primary N) is 1. The van der Waals surface area contributed by atoms with Gasteiger partial charge in [-0.1, -0.05) is 6.58 Å². The van der Waals surface area contributed by atoms with Crippen LogP contribution in [-0.2, 0) is 9.53 Å². The minimum atomic E-state index is -0.171. The van der Waals surface area contributed by atoms with Crippen LogP contribution in [0.15, 0.2) is 23.6 Å². The first-order chi connectivity index (χ1) is 9.35. The van der Waals surface area contributed by atoms with E-state index in [1.165, 1.54) is 0 Å². The van der Waals surface area contributed by atoms with Crippen molar-refractivity contribution in [2.75, 3.05) is 13.2 Å². The van der Waals surface area contributed by atoms with E-state index < -0.39 is 0 Å². The minimum Gasteiger partial charge on any atom is -0.488 e. The van der Waals surface area contributed by atoms with Crippen LogP contribution in [0, 0.1) is 5.41 Å². The monoisotopic (exact) mass is 276 g/mol. The zero-order valence-electron chi connectivity index (χ0n) is 12.5. The Morgan fingerprint density at radius 3 is 2.45 bits per heavy atom. The molecule has 2 fully saturated rings. The Morgan fingerprint density at radius 1 is 1.25 bits per heavy atom. The topological polar surface area (TPSA) is 55.6 Å². The maximum atomic E-state index is 12.9. The molecule has 1 saturated carbocycles. The van der Waals surface area contributed by atoms with Crippen molar-refractivity contribution < 1.29 is 9.53 Å². The number of nitrogens with zero attached hydrogens (tertiary/aromatic N) is 1. The fourth-order valence-electron chi connectivity index (χ4n) is 3.65. The fourth-order valence-corrected chi connectivity index (χ4v) is 3.65. The van der Waals surface area contributed by atoms with Crippen LogP contribution in [0.1, 0.15) is 46.0 Å². The van der Waals surface area contributed by atoms with E-state index in [9.17, 15) is 4.79 Å². The highest BCUT2D eigenvalue weighted by Gasteiger charge is 2.51. The lowest BCUT2D eigenvalue weighted by Crippen LogP contribution is -2.46. The highest BCUT2D eigenvalue weighted by Crippen LogP contribution is 2.48. The molecule has 0 radical (unpaired) electrons. The molecule has 3 aliphatic rings. The SMILES string of the molecule is C=C1OCC(N2CCC3(CCC(C)(N)CC3)C2=O)=C1C. The Labute approximate surface area is 120 Å². The second-order valence-corrected chi connectivity index (χ2v) is 6.92. The van der Waals surface area contributed by atoms with Gasteiger partial charge in [0.25, 0.3) is 0 Å². The third-order valence-corrected chi connectivity index (χ3v) is 5.42. The molecule has 1 amide bonds. The lowest BCUT2D eigenvalue weighted by molar-refractivity contribution is -0.136. The summed E-state index contributed by atoms with van der Waals surface area (Å²) < 4.78 is 5.46. The predicted octanol–water partition coefficient (Wildman–Crippen LogP) is 2.31. The molecule has 1 aliphatic carbocycles. The molecule has 0 aromatic heterocycles. The average molecular weight is 276 g/mol. The summed E-state index contributed by atoms with van der Waals surface area (Å²) in [5.41, 5.74) is 7.97. The van der Waals surface area contributed by atoms with Gasteiger partial charge in [-0.2, -0.15) is 0 Å². The Balaban J connectivity index is 1.80. The standard InChI is InChI=1S/C16H24N2O2/c1-11-12(2)20-10-13(11)18-9-8-16(14(18)19)6-4-15(3,17)5-7-16/h2,4-10,17H2,1,3H3.